The number of anilines is 1. The fourth-order valence-corrected chi connectivity index (χ4v) is 4.01. The molecule has 0 bridgehead atoms. The van der Waals surface area contributed by atoms with E-state index in [2.05, 4.69) is 52.6 Å². The summed E-state index contributed by atoms with van der Waals surface area (Å²) in [4.78, 5) is 29.4. The van der Waals surface area contributed by atoms with Crippen LogP contribution < -0.4 is 10.6 Å². The number of nitrogens with zero attached hydrogens (tertiary/aromatic N) is 2. The fraction of sp³-hybridized carbons (Fsp3) is 0.440. The molecular formula is C25H32N4O2. The predicted molar refractivity (Wildman–Crippen MR) is 123 cm³/mol. The largest absolute Gasteiger partial charge is 0.348 e. The molecule has 2 aromatic carbocycles. The number of carbonyl (C=O) groups excluding carboxylic acids is 2. The van der Waals surface area contributed by atoms with Crippen LogP contribution in [0.1, 0.15) is 34.8 Å². The van der Waals surface area contributed by atoms with Crippen LogP contribution in [-0.4, -0.2) is 54.8 Å². The molecule has 0 aromatic heterocycles. The van der Waals surface area contributed by atoms with Crippen LogP contribution in [-0.2, 0) is 17.9 Å². The van der Waals surface area contributed by atoms with Crippen molar-refractivity contribution in [3.8, 4) is 0 Å². The smallest absolute Gasteiger partial charge is 0.251 e. The van der Waals surface area contributed by atoms with Crippen molar-refractivity contribution >= 4 is 17.5 Å². The normalized spacial score (nSPS) is 21.5. The highest BCUT2D eigenvalue weighted by atomic mass is 16.2. The molecular weight excluding hydrogens is 388 g/mol. The van der Waals surface area contributed by atoms with E-state index >= 15 is 0 Å². The molecule has 1 heterocycles. The number of hydrogen-bond donors (Lipinski definition) is 2. The van der Waals surface area contributed by atoms with Crippen molar-refractivity contribution in [3.05, 3.63) is 65.2 Å². The van der Waals surface area contributed by atoms with Crippen LogP contribution in [0.15, 0.2) is 48.5 Å². The van der Waals surface area contributed by atoms with Crippen molar-refractivity contribution < 1.29 is 9.59 Å². The Hall–Kier alpha value is -2.70. The second-order valence-corrected chi connectivity index (χ2v) is 8.97. The molecule has 0 spiro atoms. The zero-order valence-electron chi connectivity index (χ0n) is 18.4. The van der Waals surface area contributed by atoms with Gasteiger partial charge < -0.3 is 15.5 Å². The Balaban J connectivity index is 1.27. The first-order valence-electron chi connectivity index (χ1n) is 11.2. The van der Waals surface area contributed by atoms with Gasteiger partial charge in [0.1, 0.15) is 0 Å². The lowest BCUT2D eigenvalue weighted by atomic mass is 10.1. The fourth-order valence-electron chi connectivity index (χ4n) is 4.01. The third kappa shape index (κ3) is 5.93. The molecule has 2 atom stereocenters. The Bertz CT molecular complexity index is 919. The molecule has 1 saturated heterocycles. The highest BCUT2D eigenvalue weighted by Gasteiger charge is 2.39. The highest BCUT2D eigenvalue weighted by Crippen LogP contribution is 2.38. The van der Waals surface area contributed by atoms with E-state index < -0.39 is 0 Å². The van der Waals surface area contributed by atoms with Crippen molar-refractivity contribution in [2.24, 2.45) is 11.8 Å². The Kier molecular flexibility index (Phi) is 6.68. The van der Waals surface area contributed by atoms with Gasteiger partial charge in [-0.25, -0.2) is 0 Å². The van der Waals surface area contributed by atoms with E-state index in [1.165, 1.54) is 5.56 Å². The Morgan fingerprint density at radius 2 is 1.68 bits per heavy atom. The number of rotatable bonds is 7. The predicted octanol–water partition coefficient (Wildman–Crippen LogP) is 2.96. The van der Waals surface area contributed by atoms with Gasteiger partial charge in [0.15, 0.2) is 0 Å². The molecule has 31 heavy (non-hydrogen) atoms. The zero-order valence-corrected chi connectivity index (χ0v) is 18.4. The van der Waals surface area contributed by atoms with E-state index in [9.17, 15) is 9.59 Å². The average Bonchev–Trinajstić information content (AvgIpc) is 3.51. The van der Waals surface area contributed by atoms with Crippen molar-refractivity contribution in [2.45, 2.75) is 26.4 Å². The van der Waals surface area contributed by atoms with Gasteiger partial charge in [-0.2, -0.15) is 0 Å². The molecule has 0 radical (unpaired) electrons. The second-order valence-electron chi connectivity index (χ2n) is 8.97. The summed E-state index contributed by atoms with van der Waals surface area (Å²) < 4.78 is 0. The van der Waals surface area contributed by atoms with E-state index in [1.807, 2.05) is 6.07 Å². The van der Waals surface area contributed by atoms with Gasteiger partial charge in [-0.05, 0) is 54.8 Å². The van der Waals surface area contributed by atoms with Crippen LogP contribution in [0.4, 0.5) is 5.69 Å². The van der Waals surface area contributed by atoms with E-state index in [4.69, 9.17) is 0 Å². The van der Waals surface area contributed by atoms with Crippen molar-refractivity contribution in [2.75, 3.05) is 38.5 Å². The molecule has 1 aliphatic heterocycles. The molecule has 1 saturated carbocycles. The van der Waals surface area contributed by atoms with Crippen LogP contribution in [0, 0.1) is 11.8 Å². The van der Waals surface area contributed by atoms with E-state index in [-0.39, 0.29) is 17.7 Å². The maximum atomic E-state index is 12.5. The molecule has 2 N–H and O–H groups in total. The molecule has 164 valence electrons. The van der Waals surface area contributed by atoms with Gasteiger partial charge in [-0.15, -0.1) is 0 Å². The van der Waals surface area contributed by atoms with Gasteiger partial charge >= 0.3 is 0 Å². The first kappa shape index (κ1) is 21.5. The summed E-state index contributed by atoms with van der Waals surface area (Å²) in [6.07, 6.45) is 0.961. The summed E-state index contributed by atoms with van der Waals surface area (Å²) in [7, 11) is 2.17. The number of hydrogen-bond acceptors (Lipinski definition) is 4. The number of benzene rings is 2. The van der Waals surface area contributed by atoms with Crippen LogP contribution in [0.2, 0.25) is 0 Å². The SMILES string of the molecule is CC1CC1C(=O)Nc1ccc(C(=O)NCc2cccc(CN3CCN(C)CC3)c2)cc1. The number of likely N-dealkylation sites (N-methyl/N-ethyl adjacent to an activating group) is 1. The van der Waals surface area contributed by atoms with Gasteiger partial charge in [-0.3, -0.25) is 14.5 Å². The molecule has 2 aliphatic rings. The van der Waals surface area contributed by atoms with Gasteiger partial charge in [-0.1, -0.05) is 31.2 Å². The highest BCUT2D eigenvalue weighted by molar-refractivity contribution is 5.96. The molecule has 2 amide bonds. The van der Waals surface area contributed by atoms with E-state index in [1.54, 1.807) is 24.3 Å². The van der Waals surface area contributed by atoms with Crippen LogP contribution >= 0.6 is 0 Å². The monoisotopic (exact) mass is 420 g/mol. The first-order valence-corrected chi connectivity index (χ1v) is 11.2. The zero-order chi connectivity index (χ0) is 21.8. The lowest BCUT2D eigenvalue weighted by Gasteiger charge is -2.32. The summed E-state index contributed by atoms with van der Waals surface area (Å²) in [5.74, 6) is 0.569. The van der Waals surface area contributed by atoms with Gasteiger partial charge in [0, 0.05) is 56.4 Å². The third-order valence-corrected chi connectivity index (χ3v) is 6.31. The number of carbonyl (C=O) groups is 2. The lowest BCUT2D eigenvalue weighted by molar-refractivity contribution is -0.117. The number of piperazine rings is 1. The summed E-state index contributed by atoms with van der Waals surface area (Å²) in [5, 5.41) is 5.92. The van der Waals surface area contributed by atoms with Crippen LogP contribution in [0.3, 0.4) is 0 Å². The van der Waals surface area contributed by atoms with Gasteiger partial charge in [0.05, 0.1) is 0 Å². The maximum absolute atomic E-state index is 12.5. The minimum absolute atomic E-state index is 0.0705. The Morgan fingerprint density at radius 1 is 1.00 bits per heavy atom. The van der Waals surface area contributed by atoms with E-state index in [0.29, 0.717) is 18.0 Å². The molecule has 2 aromatic rings. The summed E-state index contributed by atoms with van der Waals surface area (Å²) in [6.45, 7) is 7.92. The van der Waals surface area contributed by atoms with Gasteiger partial charge in [0.25, 0.3) is 5.91 Å². The van der Waals surface area contributed by atoms with Crippen molar-refractivity contribution in [1.29, 1.82) is 0 Å². The molecule has 6 heteroatoms. The summed E-state index contributed by atoms with van der Waals surface area (Å²) >= 11 is 0. The summed E-state index contributed by atoms with van der Waals surface area (Å²) in [5.41, 5.74) is 3.70. The maximum Gasteiger partial charge on any atom is 0.251 e. The summed E-state index contributed by atoms with van der Waals surface area (Å²) in [6, 6.07) is 15.5. The average molecular weight is 421 g/mol. The Labute approximate surface area is 184 Å². The quantitative estimate of drug-likeness (QED) is 0.723. The van der Waals surface area contributed by atoms with Gasteiger partial charge in [0.2, 0.25) is 5.91 Å². The minimum Gasteiger partial charge on any atom is -0.348 e. The van der Waals surface area contributed by atoms with Crippen molar-refractivity contribution in [1.82, 2.24) is 15.1 Å². The van der Waals surface area contributed by atoms with Crippen LogP contribution in [0.25, 0.3) is 0 Å². The third-order valence-electron chi connectivity index (χ3n) is 6.31. The van der Waals surface area contributed by atoms with E-state index in [0.717, 1.165) is 50.4 Å². The second kappa shape index (κ2) is 9.62. The number of amides is 2. The molecule has 4 rings (SSSR count). The topological polar surface area (TPSA) is 64.7 Å². The molecule has 2 unspecified atom stereocenters. The molecule has 2 fully saturated rings. The van der Waals surface area contributed by atoms with Crippen LogP contribution in [0.5, 0.6) is 0 Å². The molecule has 1 aliphatic carbocycles. The first-order chi connectivity index (χ1) is 15.0. The Morgan fingerprint density at radius 3 is 2.35 bits per heavy atom. The molecule has 6 nitrogen and oxygen atoms in total. The standard InChI is InChI=1S/C25H32N4O2/c1-18-14-23(18)25(31)27-22-8-6-21(7-9-22)24(30)26-16-19-4-3-5-20(15-19)17-29-12-10-28(2)11-13-29/h3-9,15,18,23H,10-14,16-17H2,1-2H3,(H,26,30)(H,27,31). The minimum atomic E-state index is -0.113. The number of nitrogens with one attached hydrogen (secondary N) is 2. The van der Waals surface area contributed by atoms with Crippen molar-refractivity contribution in [3.63, 3.8) is 0 Å². The lowest BCUT2D eigenvalue weighted by Crippen LogP contribution is -2.43.